The minimum atomic E-state index is -4.81. The zero-order valence-corrected chi connectivity index (χ0v) is 14.4. The minimum absolute atomic E-state index is 0.0425. The Balaban J connectivity index is 1.90. The number of hydrogen-bond acceptors (Lipinski definition) is 5. The Kier molecular flexibility index (Phi) is 5.48. The van der Waals surface area contributed by atoms with Crippen molar-refractivity contribution in [1.29, 1.82) is 5.41 Å². The maximum atomic E-state index is 12.6. The van der Waals surface area contributed by atoms with Crippen LogP contribution in [-0.4, -0.2) is 28.6 Å². The Bertz CT molecular complexity index is 874. The number of H-pyrrole nitrogens is 1. The van der Waals surface area contributed by atoms with Crippen LogP contribution in [0.3, 0.4) is 0 Å². The first kappa shape index (κ1) is 18.9. The maximum absolute atomic E-state index is 12.6. The molecule has 0 spiro atoms. The molecule has 0 amide bonds. The summed E-state index contributed by atoms with van der Waals surface area (Å²) in [6, 6.07) is 5.89. The number of para-hydroxylation sites is 1. The molecule has 1 aromatic carbocycles. The first-order chi connectivity index (χ1) is 12.9. The number of benzene rings is 1. The molecule has 3 N–H and O–H groups in total. The highest BCUT2D eigenvalue weighted by Gasteiger charge is 2.32. The van der Waals surface area contributed by atoms with Gasteiger partial charge in [-0.3, -0.25) is 4.79 Å². The molecule has 9 heteroatoms. The Morgan fingerprint density at radius 1 is 1.30 bits per heavy atom. The summed E-state index contributed by atoms with van der Waals surface area (Å²) in [5, 5.41) is 10.6. The SMILES string of the molecule is N=Cc1c(NC2CCCC2)nc(Cc2ccccc2OC(F)(F)F)[nH]c1=O. The van der Waals surface area contributed by atoms with Crippen molar-refractivity contribution in [2.75, 3.05) is 5.32 Å². The van der Waals surface area contributed by atoms with Gasteiger partial charge in [0.15, 0.2) is 0 Å². The summed E-state index contributed by atoms with van der Waals surface area (Å²) in [7, 11) is 0. The lowest BCUT2D eigenvalue weighted by Gasteiger charge is -2.16. The number of aromatic amines is 1. The zero-order chi connectivity index (χ0) is 19.4. The van der Waals surface area contributed by atoms with Crippen LogP contribution in [0.5, 0.6) is 5.75 Å². The van der Waals surface area contributed by atoms with Crippen molar-refractivity contribution in [2.24, 2.45) is 0 Å². The van der Waals surface area contributed by atoms with Crippen molar-refractivity contribution in [3.05, 3.63) is 51.6 Å². The van der Waals surface area contributed by atoms with Crippen LogP contribution in [0.25, 0.3) is 0 Å². The van der Waals surface area contributed by atoms with E-state index in [1.807, 2.05) is 0 Å². The lowest BCUT2D eigenvalue weighted by atomic mass is 10.1. The van der Waals surface area contributed by atoms with Gasteiger partial charge in [-0.1, -0.05) is 31.0 Å². The second-order valence-corrected chi connectivity index (χ2v) is 6.38. The summed E-state index contributed by atoms with van der Waals surface area (Å²) >= 11 is 0. The molecule has 1 aromatic heterocycles. The summed E-state index contributed by atoms with van der Waals surface area (Å²) in [4.78, 5) is 19.2. The van der Waals surface area contributed by atoms with Gasteiger partial charge in [-0.15, -0.1) is 13.2 Å². The van der Waals surface area contributed by atoms with Gasteiger partial charge in [-0.05, 0) is 18.9 Å². The summed E-state index contributed by atoms with van der Waals surface area (Å²) in [5.74, 6) is 0.142. The number of ether oxygens (including phenoxy) is 1. The van der Waals surface area contributed by atoms with Crippen LogP contribution in [0.15, 0.2) is 29.1 Å². The van der Waals surface area contributed by atoms with E-state index in [1.54, 1.807) is 6.07 Å². The highest BCUT2D eigenvalue weighted by Crippen LogP contribution is 2.28. The lowest BCUT2D eigenvalue weighted by Crippen LogP contribution is -2.24. The van der Waals surface area contributed by atoms with E-state index in [-0.39, 0.29) is 41.0 Å². The molecule has 144 valence electrons. The third-order valence-corrected chi connectivity index (χ3v) is 4.40. The second kappa shape index (κ2) is 7.81. The lowest BCUT2D eigenvalue weighted by molar-refractivity contribution is -0.274. The summed E-state index contributed by atoms with van der Waals surface area (Å²) in [6.45, 7) is 0. The number of halogens is 3. The summed E-state index contributed by atoms with van der Waals surface area (Å²) in [5.41, 5.74) is -0.164. The Morgan fingerprint density at radius 3 is 2.67 bits per heavy atom. The molecule has 2 aromatic rings. The van der Waals surface area contributed by atoms with Gasteiger partial charge in [0.2, 0.25) is 0 Å². The first-order valence-corrected chi connectivity index (χ1v) is 8.59. The number of aromatic nitrogens is 2. The molecule has 1 saturated carbocycles. The number of rotatable bonds is 6. The van der Waals surface area contributed by atoms with Crippen molar-refractivity contribution >= 4 is 12.0 Å². The third kappa shape index (κ3) is 4.87. The molecule has 0 aliphatic heterocycles. The number of alkyl halides is 3. The fraction of sp³-hybridized carbons (Fsp3) is 0.389. The molecular weight excluding hydrogens is 361 g/mol. The Hall–Kier alpha value is -2.84. The molecule has 0 atom stereocenters. The highest BCUT2D eigenvalue weighted by atomic mass is 19.4. The van der Waals surface area contributed by atoms with Crippen LogP contribution in [0.1, 0.15) is 42.6 Å². The van der Waals surface area contributed by atoms with Gasteiger partial charge in [0, 0.05) is 24.2 Å². The second-order valence-electron chi connectivity index (χ2n) is 6.38. The quantitative estimate of drug-likeness (QED) is 0.668. The monoisotopic (exact) mass is 380 g/mol. The van der Waals surface area contributed by atoms with Gasteiger partial charge in [0.25, 0.3) is 5.56 Å². The zero-order valence-electron chi connectivity index (χ0n) is 14.4. The van der Waals surface area contributed by atoms with E-state index in [1.165, 1.54) is 18.2 Å². The van der Waals surface area contributed by atoms with E-state index in [0.29, 0.717) is 0 Å². The largest absolute Gasteiger partial charge is 0.573 e. The molecular formula is C18H19F3N4O2. The number of hydrogen-bond donors (Lipinski definition) is 3. The van der Waals surface area contributed by atoms with E-state index in [4.69, 9.17) is 5.41 Å². The van der Waals surface area contributed by atoms with Crippen molar-refractivity contribution in [3.8, 4) is 5.75 Å². The molecule has 3 rings (SSSR count). The summed E-state index contributed by atoms with van der Waals surface area (Å²) in [6.07, 6.45) is 0.126. The van der Waals surface area contributed by atoms with Crippen LogP contribution < -0.4 is 15.6 Å². The number of nitrogens with zero attached hydrogens (tertiary/aromatic N) is 1. The predicted molar refractivity (Wildman–Crippen MR) is 94.6 cm³/mol. The van der Waals surface area contributed by atoms with Crippen LogP contribution >= 0.6 is 0 Å². The van der Waals surface area contributed by atoms with E-state index in [9.17, 15) is 18.0 Å². The van der Waals surface area contributed by atoms with Crippen molar-refractivity contribution < 1.29 is 17.9 Å². The normalized spacial score (nSPS) is 14.9. The number of nitrogens with one attached hydrogen (secondary N) is 3. The Morgan fingerprint density at radius 2 is 2.00 bits per heavy atom. The molecule has 0 bridgehead atoms. The van der Waals surface area contributed by atoms with Crippen LogP contribution in [0.4, 0.5) is 19.0 Å². The molecule has 0 unspecified atom stereocenters. The summed E-state index contributed by atoms with van der Waals surface area (Å²) < 4.78 is 41.8. The maximum Gasteiger partial charge on any atom is 0.573 e. The molecule has 27 heavy (non-hydrogen) atoms. The fourth-order valence-corrected chi connectivity index (χ4v) is 3.17. The molecule has 1 fully saturated rings. The van der Waals surface area contributed by atoms with E-state index in [2.05, 4.69) is 20.0 Å². The van der Waals surface area contributed by atoms with Gasteiger partial charge < -0.3 is 20.4 Å². The molecule has 1 aliphatic carbocycles. The predicted octanol–water partition coefficient (Wildman–Crippen LogP) is 3.61. The smallest absolute Gasteiger partial charge is 0.405 e. The minimum Gasteiger partial charge on any atom is -0.405 e. The average Bonchev–Trinajstić information content (AvgIpc) is 3.08. The topological polar surface area (TPSA) is 90.9 Å². The van der Waals surface area contributed by atoms with E-state index in [0.717, 1.165) is 31.9 Å². The Labute approximate surface area is 153 Å². The molecule has 0 radical (unpaired) electrons. The fourth-order valence-electron chi connectivity index (χ4n) is 3.17. The standard InChI is InChI=1S/C18H19F3N4O2/c19-18(20,21)27-14-8-4-1-5-11(14)9-15-24-16(13(10-22)17(26)25-15)23-12-6-2-3-7-12/h1,4-5,8,10,12,22H,2-3,6-7,9H2,(H2,23,24,25,26). The van der Waals surface area contributed by atoms with Gasteiger partial charge in [-0.25, -0.2) is 4.98 Å². The van der Waals surface area contributed by atoms with Crippen molar-refractivity contribution in [1.82, 2.24) is 9.97 Å². The van der Waals surface area contributed by atoms with Crippen LogP contribution in [-0.2, 0) is 6.42 Å². The van der Waals surface area contributed by atoms with Gasteiger partial charge in [0.05, 0.1) is 5.56 Å². The van der Waals surface area contributed by atoms with E-state index < -0.39 is 11.9 Å². The molecule has 1 heterocycles. The van der Waals surface area contributed by atoms with Crippen molar-refractivity contribution in [3.63, 3.8) is 0 Å². The number of anilines is 1. The molecule has 0 saturated heterocycles. The van der Waals surface area contributed by atoms with Gasteiger partial charge in [-0.2, -0.15) is 0 Å². The van der Waals surface area contributed by atoms with Gasteiger partial charge >= 0.3 is 6.36 Å². The first-order valence-electron chi connectivity index (χ1n) is 8.59. The van der Waals surface area contributed by atoms with Gasteiger partial charge in [0.1, 0.15) is 17.4 Å². The van der Waals surface area contributed by atoms with Crippen LogP contribution in [0.2, 0.25) is 0 Å². The van der Waals surface area contributed by atoms with Crippen molar-refractivity contribution in [2.45, 2.75) is 44.5 Å². The molecule has 6 nitrogen and oxygen atoms in total. The van der Waals surface area contributed by atoms with Crippen LogP contribution in [0, 0.1) is 5.41 Å². The highest BCUT2D eigenvalue weighted by molar-refractivity contribution is 5.83. The average molecular weight is 380 g/mol. The van der Waals surface area contributed by atoms with E-state index >= 15 is 0 Å². The third-order valence-electron chi connectivity index (χ3n) is 4.40. The molecule has 1 aliphatic rings.